The molecule has 1 N–H and O–H groups in total. The molecule has 0 aromatic heterocycles. The van der Waals surface area contributed by atoms with E-state index in [-0.39, 0.29) is 0 Å². The van der Waals surface area contributed by atoms with E-state index in [1.54, 1.807) is 0 Å². The van der Waals surface area contributed by atoms with Crippen LogP contribution in [0.3, 0.4) is 0 Å². The zero-order valence-corrected chi connectivity index (χ0v) is 14.6. The second-order valence-corrected chi connectivity index (χ2v) is 7.41. The Hall–Kier alpha value is -0.570. The average Bonchev–Trinajstić information content (AvgIpc) is 2.45. The van der Waals surface area contributed by atoms with Crippen LogP contribution < -0.4 is 5.32 Å². The topological polar surface area (TPSA) is 15.3 Å². The van der Waals surface area contributed by atoms with E-state index in [0.29, 0.717) is 11.6 Å². The lowest BCUT2D eigenvalue weighted by Crippen LogP contribution is -2.54. The third kappa shape index (κ3) is 4.21. The Morgan fingerprint density at radius 3 is 2.57 bits per heavy atom. The molecule has 1 aromatic rings. The fourth-order valence-electron chi connectivity index (χ4n) is 3.57. The normalized spacial score (nSPS) is 27.8. The summed E-state index contributed by atoms with van der Waals surface area (Å²) < 4.78 is 0. The molecule has 2 nitrogen and oxygen atoms in total. The fraction of sp³-hybridized carbons (Fsp3) is 0.667. The van der Waals surface area contributed by atoms with Crippen LogP contribution in [-0.4, -0.2) is 31.1 Å². The molecule has 0 aliphatic heterocycles. The highest BCUT2D eigenvalue weighted by atomic mass is 35.5. The summed E-state index contributed by atoms with van der Waals surface area (Å²) in [6.07, 6.45) is 5.31. The van der Waals surface area contributed by atoms with Crippen LogP contribution in [0.15, 0.2) is 24.3 Å². The van der Waals surface area contributed by atoms with Gasteiger partial charge in [-0.05, 0) is 57.5 Å². The van der Waals surface area contributed by atoms with Crippen LogP contribution in [0.1, 0.15) is 51.1 Å². The second kappa shape index (κ2) is 7.13. The first kappa shape index (κ1) is 16.8. The van der Waals surface area contributed by atoms with Gasteiger partial charge in [0, 0.05) is 23.1 Å². The van der Waals surface area contributed by atoms with E-state index >= 15 is 0 Å². The van der Waals surface area contributed by atoms with Crippen LogP contribution in [0.5, 0.6) is 0 Å². The zero-order chi connectivity index (χ0) is 15.5. The summed E-state index contributed by atoms with van der Waals surface area (Å²) in [5.74, 6) is 0.828. The van der Waals surface area contributed by atoms with E-state index in [4.69, 9.17) is 11.6 Å². The van der Waals surface area contributed by atoms with E-state index in [1.165, 1.54) is 31.2 Å². The standard InChI is InChI=1S/C18H29ClN2/c1-14-6-5-11-18(12-14,21(3)4)13-20-15(2)16-7-9-17(19)10-8-16/h7-10,14-15,20H,5-6,11-13H2,1-4H3. The van der Waals surface area contributed by atoms with Gasteiger partial charge < -0.3 is 10.2 Å². The van der Waals surface area contributed by atoms with Crippen LogP contribution in [0.2, 0.25) is 5.02 Å². The first-order chi connectivity index (χ1) is 9.93. The molecule has 3 heteroatoms. The van der Waals surface area contributed by atoms with Gasteiger partial charge >= 0.3 is 0 Å². The minimum atomic E-state index is 0.304. The summed E-state index contributed by atoms with van der Waals surface area (Å²) in [5, 5.41) is 4.55. The minimum absolute atomic E-state index is 0.304. The molecule has 0 heterocycles. The quantitative estimate of drug-likeness (QED) is 0.861. The monoisotopic (exact) mass is 308 g/mol. The van der Waals surface area contributed by atoms with Crippen molar-refractivity contribution in [3.63, 3.8) is 0 Å². The number of nitrogens with zero attached hydrogens (tertiary/aromatic N) is 1. The number of benzene rings is 1. The van der Waals surface area contributed by atoms with Gasteiger partial charge in [0.15, 0.2) is 0 Å². The van der Waals surface area contributed by atoms with Crippen LogP contribution in [0.25, 0.3) is 0 Å². The molecule has 21 heavy (non-hydrogen) atoms. The molecule has 0 spiro atoms. The van der Waals surface area contributed by atoms with Crippen molar-refractivity contribution < 1.29 is 0 Å². The lowest BCUT2D eigenvalue weighted by Gasteiger charge is -2.46. The van der Waals surface area contributed by atoms with Crippen molar-refractivity contribution in [2.24, 2.45) is 5.92 Å². The SMILES string of the molecule is CC1CCCC(CNC(C)c2ccc(Cl)cc2)(N(C)C)C1. The highest BCUT2D eigenvalue weighted by molar-refractivity contribution is 6.30. The smallest absolute Gasteiger partial charge is 0.0406 e. The van der Waals surface area contributed by atoms with E-state index < -0.39 is 0 Å². The van der Waals surface area contributed by atoms with Gasteiger partial charge in [-0.3, -0.25) is 0 Å². The second-order valence-electron chi connectivity index (χ2n) is 6.97. The van der Waals surface area contributed by atoms with E-state index in [0.717, 1.165) is 17.5 Å². The molecule has 3 atom stereocenters. The van der Waals surface area contributed by atoms with Crippen molar-refractivity contribution in [2.45, 2.75) is 51.1 Å². The Balaban J connectivity index is 2.00. The number of likely N-dealkylation sites (N-methyl/N-ethyl adjacent to an activating group) is 1. The first-order valence-electron chi connectivity index (χ1n) is 8.09. The van der Waals surface area contributed by atoms with E-state index in [1.807, 2.05) is 12.1 Å². The maximum atomic E-state index is 5.97. The number of halogens is 1. The summed E-state index contributed by atoms with van der Waals surface area (Å²) in [6, 6.07) is 8.53. The van der Waals surface area contributed by atoms with Gasteiger partial charge in [0.1, 0.15) is 0 Å². The Morgan fingerprint density at radius 1 is 1.33 bits per heavy atom. The van der Waals surface area contributed by atoms with Crippen LogP contribution in [-0.2, 0) is 0 Å². The largest absolute Gasteiger partial charge is 0.308 e. The first-order valence-corrected chi connectivity index (χ1v) is 8.47. The van der Waals surface area contributed by atoms with Gasteiger partial charge in [-0.25, -0.2) is 0 Å². The van der Waals surface area contributed by atoms with Crippen molar-refractivity contribution >= 4 is 11.6 Å². The summed E-state index contributed by atoms with van der Waals surface area (Å²) in [4.78, 5) is 2.43. The van der Waals surface area contributed by atoms with Gasteiger partial charge in [-0.15, -0.1) is 0 Å². The van der Waals surface area contributed by atoms with Crippen molar-refractivity contribution in [2.75, 3.05) is 20.6 Å². The number of nitrogens with one attached hydrogen (secondary N) is 1. The molecular formula is C18H29ClN2. The maximum Gasteiger partial charge on any atom is 0.0406 e. The average molecular weight is 309 g/mol. The van der Waals surface area contributed by atoms with Crippen molar-refractivity contribution in [1.29, 1.82) is 0 Å². The maximum absolute atomic E-state index is 5.97. The van der Waals surface area contributed by atoms with Gasteiger partial charge in [-0.1, -0.05) is 43.5 Å². The number of hydrogen-bond donors (Lipinski definition) is 1. The summed E-state index contributed by atoms with van der Waals surface area (Å²) in [7, 11) is 4.46. The Bertz CT molecular complexity index is 443. The van der Waals surface area contributed by atoms with Gasteiger partial charge in [0.25, 0.3) is 0 Å². The van der Waals surface area contributed by atoms with Gasteiger partial charge in [0.2, 0.25) is 0 Å². The lowest BCUT2D eigenvalue weighted by molar-refractivity contribution is 0.0728. The van der Waals surface area contributed by atoms with Crippen LogP contribution >= 0.6 is 11.6 Å². The number of hydrogen-bond acceptors (Lipinski definition) is 2. The highest BCUT2D eigenvalue weighted by Crippen LogP contribution is 2.35. The Morgan fingerprint density at radius 2 is 2.00 bits per heavy atom. The molecule has 3 unspecified atom stereocenters. The van der Waals surface area contributed by atoms with Gasteiger partial charge in [-0.2, -0.15) is 0 Å². The number of rotatable bonds is 5. The molecular weight excluding hydrogens is 280 g/mol. The summed E-state index contributed by atoms with van der Waals surface area (Å²) >= 11 is 5.97. The lowest BCUT2D eigenvalue weighted by atomic mass is 9.75. The minimum Gasteiger partial charge on any atom is -0.308 e. The van der Waals surface area contributed by atoms with E-state index in [2.05, 4.69) is 50.3 Å². The molecule has 118 valence electrons. The molecule has 0 radical (unpaired) electrons. The molecule has 1 aliphatic carbocycles. The van der Waals surface area contributed by atoms with Crippen molar-refractivity contribution in [1.82, 2.24) is 10.2 Å². The molecule has 2 rings (SSSR count). The third-order valence-corrected chi connectivity index (χ3v) is 5.38. The molecule has 1 saturated carbocycles. The van der Waals surface area contributed by atoms with Crippen LogP contribution in [0, 0.1) is 5.92 Å². The molecule has 0 bridgehead atoms. The summed E-state index contributed by atoms with van der Waals surface area (Å²) in [6.45, 7) is 5.67. The molecule has 1 aliphatic rings. The molecule has 1 fully saturated rings. The van der Waals surface area contributed by atoms with Crippen molar-refractivity contribution in [3.05, 3.63) is 34.9 Å². The molecule has 1 aromatic carbocycles. The van der Waals surface area contributed by atoms with E-state index in [9.17, 15) is 0 Å². The van der Waals surface area contributed by atoms with Crippen LogP contribution in [0.4, 0.5) is 0 Å². The Kier molecular flexibility index (Phi) is 5.70. The third-order valence-electron chi connectivity index (χ3n) is 5.12. The van der Waals surface area contributed by atoms with Crippen molar-refractivity contribution in [3.8, 4) is 0 Å². The zero-order valence-electron chi connectivity index (χ0n) is 13.8. The predicted octanol–water partition coefficient (Wildman–Crippen LogP) is 4.50. The Labute approximate surface area is 134 Å². The summed E-state index contributed by atoms with van der Waals surface area (Å²) in [5.41, 5.74) is 1.61. The fourth-order valence-corrected chi connectivity index (χ4v) is 3.70. The predicted molar refractivity (Wildman–Crippen MR) is 91.9 cm³/mol. The van der Waals surface area contributed by atoms with Gasteiger partial charge in [0.05, 0.1) is 0 Å². The molecule has 0 amide bonds. The highest BCUT2D eigenvalue weighted by Gasteiger charge is 2.36. The molecule has 0 saturated heterocycles.